The molecule has 0 amide bonds. The normalized spacial score (nSPS) is 20.7. The van der Waals surface area contributed by atoms with Gasteiger partial charge in [-0.2, -0.15) is 4.98 Å². The Morgan fingerprint density at radius 1 is 1.44 bits per heavy atom. The number of nitrogens with one attached hydrogen (secondary N) is 1. The van der Waals surface area contributed by atoms with E-state index in [2.05, 4.69) is 40.3 Å². The minimum atomic E-state index is 0.711. The Hall–Kier alpha value is -1.62. The van der Waals surface area contributed by atoms with Crippen molar-refractivity contribution in [2.75, 3.05) is 32.0 Å². The topological polar surface area (TPSA) is 45.5 Å². The Labute approximate surface area is 107 Å². The van der Waals surface area contributed by atoms with Crippen LogP contribution < -0.4 is 5.32 Å². The van der Waals surface area contributed by atoms with Crippen LogP contribution >= 0.6 is 0 Å². The fourth-order valence-corrected chi connectivity index (χ4v) is 2.49. The van der Waals surface area contributed by atoms with Gasteiger partial charge in [0.05, 0.1) is 0 Å². The predicted molar refractivity (Wildman–Crippen MR) is 71.8 cm³/mol. The standard InChI is InChI=1S/C13H19N5/c1-10-3-4-12-15-13(16-18(12)8-10)14-7-11-5-6-17(2)9-11/h3-4,8,11H,5-7,9H2,1-2H3,(H,14,16). The molecule has 0 radical (unpaired) electrons. The van der Waals surface area contributed by atoms with Crippen molar-refractivity contribution in [1.29, 1.82) is 0 Å². The minimum Gasteiger partial charge on any atom is -0.353 e. The number of likely N-dealkylation sites (tertiary alicyclic amines) is 1. The van der Waals surface area contributed by atoms with E-state index < -0.39 is 0 Å². The number of hydrogen-bond donors (Lipinski definition) is 1. The van der Waals surface area contributed by atoms with Crippen molar-refractivity contribution in [2.45, 2.75) is 13.3 Å². The molecule has 1 N–H and O–H groups in total. The number of rotatable bonds is 3. The minimum absolute atomic E-state index is 0.711. The summed E-state index contributed by atoms with van der Waals surface area (Å²) in [4.78, 5) is 6.83. The van der Waals surface area contributed by atoms with Crippen LogP contribution in [0.4, 0.5) is 5.95 Å². The zero-order valence-corrected chi connectivity index (χ0v) is 10.9. The molecule has 0 spiro atoms. The molecule has 2 aromatic heterocycles. The van der Waals surface area contributed by atoms with Gasteiger partial charge in [-0.05, 0) is 44.5 Å². The summed E-state index contributed by atoms with van der Waals surface area (Å²) in [5.74, 6) is 1.44. The monoisotopic (exact) mass is 245 g/mol. The van der Waals surface area contributed by atoms with Crippen molar-refractivity contribution in [3.05, 3.63) is 23.9 Å². The van der Waals surface area contributed by atoms with Crippen LogP contribution in [0.3, 0.4) is 0 Å². The number of nitrogens with zero attached hydrogens (tertiary/aromatic N) is 4. The van der Waals surface area contributed by atoms with Gasteiger partial charge < -0.3 is 10.2 Å². The van der Waals surface area contributed by atoms with E-state index in [1.807, 2.05) is 16.8 Å². The lowest BCUT2D eigenvalue weighted by Crippen LogP contribution is -2.19. The summed E-state index contributed by atoms with van der Waals surface area (Å²) in [5, 5.41) is 7.78. The highest BCUT2D eigenvalue weighted by Gasteiger charge is 2.19. The van der Waals surface area contributed by atoms with E-state index in [0.717, 1.165) is 18.1 Å². The van der Waals surface area contributed by atoms with E-state index in [4.69, 9.17) is 0 Å². The largest absolute Gasteiger partial charge is 0.353 e. The van der Waals surface area contributed by atoms with Gasteiger partial charge >= 0.3 is 0 Å². The van der Waals surface area contributed by atoms with Gasteiger partial charge in [0.1, 0.15) is 0 Å². The Kier molecular flexibility index (Phi) is 2.91. The first-order valence-electron chi connectivity index (χ1n) is 6.46. The second-order valence-electron chi connectivity index (χ2n) is 5.24. The molecule has 0 aliphatic carbocycles. The van der Waals surface area contributed by atoms with Crippen LogP contribution in [-0.2, 0) is 0 Å². The van der Waals surface area contributed by atoms with Crippen LogP contribution in [0.25, 0.3) is 5.65 Å². The molecule has 5 nitrogen and oxygen atoms in total. The molecule has 0 saturated carbocycles. The molecule has 1 aliphatic rings. The zero-order valence-electron chi connectivity index (χ0n) is 10.9. The van der Waals surface area contributed by atoms with Crippen molar-refractivity contribution in [2.24, 2.45) is 5.92 Å². The van der Waals surface area contributed by atoms with Crippen molar-refractivity contribution in [3.63, 3.8) is 0 Å². The van der Waals surface area contributed by atoms with Gasteiger partial charge in [0.15, 0.2) is 5.65 Å². The summed E-state index contributed by atoms with van der Waals surface area (Å²) in [6, 6.07) is 4.05. The van der Waals surface area contributed by atoms with Gasteiger partial charge in [0.2, 0.25) is 5.95 Å². The summed E-state index contributed by atoms with van der Waals surface area (Å²) < 4.78 is 1.83. The average Bonchev–Trinajstić information content (AvgIpc) is 2.92. The van der Waals surface area contributed by atoms with E-state index in [1.165, 1.54) is 25.1 Å². The molecule has 0 bridgehead atoms. The second-order valence-corrected chi connectivity index (χ2v) is 5.24. The molecule has 1 fully saturated rings. The Balaban J connectivity index is 1.67. The van der Waals surface area contributed by atoms with Crippen LogP contribution in [0.1, 0.15) is 12.0 Å². The van der Waals surface area contributed by atoms with Gasteiger partial charge in [-0.1, -0.05) is 6.07 Å². The fraction of sp³-hybridized carbons (Fsp3) is 0.538. The van der Waals surface area contributed by atoms with Crippen LogP contribution in [-0.4, -0.2) is 46.2 Å². The molecule has 1 saturated heterocycles. The molecule has 0 aromatic carbocycles. The van der Waals surface area contributed by atoms with E-state index in [0.29, 0.717) is 5.92 Å². The van der Waals surface area contributed by atoms with Crippen LogP contribution in [0.5, 0.6) is 0 Å². The number of aromatic nitrogens is 3. The number of hydrogen-bond acceptors (Lipinski definition) is 4. The quantitative estimate of drug-likeness (QED) is 0.888. The molecule has 1 unspecified atom stereocenters. The molecular weight excluding hydrogens is 226 g/mol. The van der Waals surface area contributed by atoms with Gasteiger partial charge in [-0.25, -0.2) is 4.52 Å². The van der Waals surface area contributed by atoms with E-state index in [-0.39, 0.29) is 0 Å². The number of fused-ring (bicyclic) bond motifs is 1. The highest BCUT2D eigenvalue weighted by atomic mass is 15.3. The molecule has 3 rings (SSSR count). The zero-order chi connectivity index (χ0) is 12.5. The van der Waals surface area contributed by atoms with Crippen LogP contribution in [0.2, 0.25) is 0 Å². The first-order valence-corrected chi connectivity index (χ1v) is 6.46. The Morgan fingerprint density at radius 3 is 3.11 bits per heavy atom. The molecule has 5 heteroatoms. The van der Waals surface area contributed by atoms with E-state index in [9.17, 15) is 0 Å². The first kappa shape index (κ1) is 11.5. The summed E-state index contributed by atoms with van der Waals surface area (Å²) >= 11 is 0. The lowest BCUT2D eigenvalue weighted by atomic mass is 10.1. The maximum absolute atomic E-state index is 4.46. The maximum Gasteiger partial charge on any atom is 0.243 e. The molecule has 96 valence electrons. The Bertz CT molecular complexity index is 547. The van der Waals surface area contributed by atoms with E-state index >= 15 is 0 Å². The highest BCUT2D eigenvalue weighted by Crippen LogP contribution is 2.15. The molecule has 1 atom stereocenters. The maximum atomic E-state index is 4.46. The van der Waals surface area contributed by atoms with Crippen LogP contribution in [0.15, 0.2) is 18.3 Å². The van der Waals surface area contributed by atoms with Crippen molar-refractivity contribution >= 4 is 11.6 Å². The highest BCUT2D eigenvalue weighted by molar-refractivity contribution is 5.44. The van der Waals surface area contributed by atoms with Crippen molar-refractivity contribution in [1.82, 2.24) is 19.5 Å². The van der Waals surface area contributed by atoms with Gasteiger partial charge in [0.25, 0.3) is 0 Å². The SMILES string of the molecule is Cc1ccc2nc(NCC3CCN(C)C3)nn2c1. The summed E-state index contributed by atoms with van der Waals surface area (Å²) in [5.41, 5.74) is 2.09. The molecule has 2 aromatic rings. The van der Waals surface area contributed by atoms with Crippen molar-refractivity contribution < 1.29 is 0 Å². The summed E-state index contributed by atoms with van der Waals surface area (Å²) in [7, 11) is 2.17. The van der Waals surface area contributed by atoms with Crippen LogP contribution in [0, 0.1) is 12.8 Å². The number of pyridine rings is 1. The van der Waals surface area contributed by atoms with Crippen molar-refractivity contribution in [3.8, 4) is 0 Å². The fourth-order valence-electron chi connectivity index (χ4n) is 2.49. The smallest absolute Gasteiger partial charge is 0.243 e. The third kappa shape index (κ3) is 2.31. The predicted octanol–water partition coefficient (Wildman–Crippen LogP) is 1.40. The lowest BCUT2D eigenvalue weighted by Gasteiger charge is -2.09. The molecular formula is C13H19N5. The third-order valence-electron chi connectivity index (χ3n) is 3.52. The third-order valence-corrected chi connectivity index (χ3v) is 3.52. The number of anilines is 1. The number of aryl methyl sites for hydroxylation is 1. The first-order chi connectivity index (χ1) is 8.70. The van der Waals surface area contributed by atoms with Gasteiger partial charge in [-0.3, -0.25) is 0 Å². The Morgan fingerprint density at radius 2 is 2.33 bits per heavy atom. The summed E-state index contributed by atoms with van der Waals surface area (Å²) in [6.07, 6.45) is 3.26. The van der Waals surface area contributed by atoms with Gasteiger partial charge in [-0.15, -0.1) is 5.10 Å². The average molecular weight is 245 g/mol. The lowest BCUT2D eigenvalue weighted by molar-refractivity contribution is 0.399. The van der Waals surface area contributed by atoms with E-state index in [1.54, 1.807) is 0 Å². The molecule has 1 aliphatic heterocycles. The molecule has 18 heavy (non-hydrogen) atoms. The molecule has 3 heterocycles. The van der Waals surface area contributed by atoms with Gasteiger partial charge in [0, 0.05) is 19.3 Å². The summed E-state index contributed by atoms with van der Waals surface area (Å²) in [6.45, 7) is 5.38. The second kappa shape index (κ2) is 4.57.